The predicted octanol–water partition coefficient (Wildman–Crippen LogP) is 6.63. The maximum Gasteiger partial charge on any atom is 0.298 e. The van der Waals surface area contributed by atoms with Crippen molar-refractivity contribution >= 4 is 28.0 Å². The molecule has 1 unspecified atom stereocenters. The molecule has 0 bridgehead atoms. The summed E-state index contributed by atoms with van der Waals surface area (Å²) in [4.78, 5) is 39.5. The number of amides is 3. The van der Waals surface area contributed by atoms with Gasteiger partial charge in [0.25, 0.3) is 17.7 Å². The molecule has 0 radical (unpaired) electrons. The second-order valence-corrected chi connectivity index (χ2v) is 12.8. The monoisotopic (exact) mass is 644 g/mol. The van der Waals surface area contributed by atoms with Crippen LogP contribution in [0.5, 0.6) is 17.2 Å². The standard InChI is InChI=1S/C33H40N6O6Si/c1-20(2)43-27-17-11-8-14-24(27)30(40)35-34-23(7)33(46,38-36-31(41)25-15-9-12-18-28(25)44-21(3)4)39-37-32(42)26-16-10-13-19-29(26)45-22(5)6/h8-23H,1-7,46H3. The van der Waals surface area contributed by atoms with Gasteiger partial charge >= 0.3 is 0 Å². The molecule has 46 heavy (non-hydrogen) atoms. The van der Waals surface area contributed by atoms with Crippen molar-refractivity contribution in [2.75, 3.05) is 0 Å². The van der Waals surface area contributed by atoms with E-state index in [1.54, 1.807) is 79.7 Å². The van der Waals surface area contributed by atoms with Crippen molar-refractivity contribution in [1.82, 2.24) is 0 Å². The Labute approximate surface area is 271 Å². The maximum absolute atomic E-state index is 13.2. The van der Waals surface area contributed by atoms with Crippen molar-refractivity contribution in [2.45, 2.75) is 78.1 Å². The molecule has 1 atom stereocenters. The lowest BCUT2D eigenvalue weighted by molar-refractivity contribution is 0.0969. The third-order valence-corrected chi connectivity index (χ3v) is 7.48. The summed E-state index contributed by atoms with van der Waals surface area (Å²) < 4.78 is 17.3. The molecule has 0 aliphatic carbocycles. The first-order valence-corrected chi connectivity index (χ1v) is 16.0. The first-order chi connectivity index (χ1) is 21.8. The van der Waals surface area contributed by atoms with E-state index in [0.717, 1.165) is 0 Å². The summed E-state index contributed by atoms with van der Waals surface area (Å²) in [6, 6.07) is 19.1. The molecule has 3 rings (SSSR count). The number of hydrogen-bond acceptors (Lipinski definition) is 9. The quantitative estimate of drug-likeness (QED) is 0.150. The van der Waals surface area contributed by atoms with Crippen LogP contribution in [0, 0.1) is 0 Å². The molecule has 0 fully saturated rings. The molecule has 3 aromatic carbocycles. The summed E-state index contributed by atoms with van der Waals surface area (Å²) in [5, 5.41) is 22.9. The summed E-state index contributed by atoms with van der Waals surface area (Å²) >= 11 is 0. The van der Waals surface area contributed by atoms with Crippen LogP contribution in [-0.4, -0.2) is 57.6 Å². The molecule has 13 heteroatoms. The third kappa shape index (κ3) is 10.1. The first-order valence-electron chi connectivity index (χ1n) is 15.0. The smallest absolute Gasteiger partial charge is 0.298 e. The van der Waals surface area contributed by atoms with Crippen molar-refractivity contribution in [2.24, 2.45) is 30.7 Å². The Kier molecular flexibility index (Phi) is 12.7. The Bertz CT molecular complexity index is 1550. The summed E-state index contributed by atoms with van der Waals surface area (Å²) in [6.07, 6.45) is -0.526. The van der Waals surface area contributed by atoms with Crippen molar-refractivity contribution in [3.63, 3.8) is 0 Å². The number of carbonyl (C=O) groups excluding carboxylic acids is 3. The molecule has 0 saturated heterocycles. The lowest BCUT2D eigenvalue weighted by Crippen LogP contribution is -2.36. The number of carbonyl (C=O) groups is 3. The van der Waals surface area contributed by atoms with Crippen molar-refractivity contribution in [3.05, 3.63) is 89.5 Å². The Morgan fingerprint density at radius 2 is 0.848 bits per heavy atom. The molecular formula is C33H40N6O6Si. The van der Waals surface area contributed by atoms with Crippen LogP contribution in [0.3, 0.4) is 0 Å². The minimum Gasteiger partial charge on any atom is -0.490 e. The van der Waals surface area contributed by atoms with Gasteiger partial charge in [-0.3, -0.25) is 14.4 Å². The van der Waals surface area contributed by atoms with E-state index >= 15 is 0 Å². The highest BCUT2D eigenvalue weighted by molar-refractivity contribution is 6.16. The summed E-state index contributed by atoms with van der Waals surface area (Å²) in [7, 11) is 0.0795. The van der Waals surface area contributed by atoms with Gasteiger partial charge in [-0.1, -0.05) is 36.4 Å². The molecule has 0 aliphatic heterocycles. The van der Waals surface area contributed by atoms with Crippen LogP contribution in [0.2, 0.25) is 0 Å². The van der Waals surface area contributed by atoms with E-state index in [1.807, 2.05) is 41.5 Å². The zero-order chi connectivity index (χ0) is 33.9. The second kappa shape index (κ2) is 16.4. The summed E-state index contributed by atoms with van der Waals surface area (Å²) in [5.41, 5.74) is 0.620. The molecule has 3 aromatic rings. The number of rotatable bonds is 13. The highest BCUT2D eigenvalue weighted by Gasteiger charge is 2.33. The van der Waals surface area contributed by atoms with Gasteiger partial charge in [-0.05, 0) is 84.9 Å². The predicted molar refractivity (Wildman–Crippen MR) is 176 cm³/mol. The normalized spacial score (nSPS) is 14.0. The van der Waals surface area contributed by atoms with E-state index in [1.165, 1.54) is 0 Å². The fraction of sp³-hybridized carbons (Fsp3) is 0.364. The van der Waals surface area contributed by atoms with E-state index in [9.17, 15) is 14.4 Å². The molecular weight excluding hydrogens is 604 g/mol. The van der Waals surface area contributed by atoms with Gasteiger partial charge in [0.05, 0.1) is 45.2 Å². The van der Waals surface area contributed by atoms with Crippen LogP contribution >= 0.6 is 0 Å². The Balaban J connectivity index is 1.98. The van der Waals surface area contributed by atoms with Gasteiger partial charge in [0, 0.05) is 0 Å². The Morgan fingerprint density at radius 3 is 1.17 bits per heavy atom. The molecule has 0 heterocycles. The average Bonchev–Trinajstić information content (AvgIpc) is 3.01. The first kappa shape index (κ1) is 35.6. The molecule has 0 aliphatic rings. The minimum absolute atomic E-state index is 0.0795. The molecule has 242 valence electrons. The lowest BCUT2D eigenvalue weighted by atomic mass is 10.2. The van der Waals surface area contributed by atoms with Gasteiger partial charge in [-0.2, -0.15) is 15.3 Å². The maximum atomic E-state index is 13.2. The number of nitrogens with zero attached hydrogens (tertiary/aromatic N) is 6. The number of ether oxygens (including phenoxy) is 3. The van der Waals surface area contributed by atoms with Crippen LogP contribution in [0.4, 0.5) is 0 Å². The molecule has 12 nitrogen and oxygen atoms in total. The minimum atomic E-state index is -1.59. The van der Waals surface area contributed by atoms with E-state index in [4.69, 9.17) is 14.2 Å². The number of benzene rings is 3. The lowest BCUT2D eigenvalue weighted by Gasteiger charge is -2.21. The van der Waals surface area contributed by atoms with Crippen LogP contribution in [0.15, 0.2) is 103 Å². The van der Waals surface area contributed by atoms with E-state index in [2.05, 4.69) is 30.7 Å². The van der Waals surface area contributed by atoms with Crippen molar-refractivity contribution < 1.29 is 28.6 Å². The van der Waals surface area contributed by atoms with Gasteiger partial charge < -0.3 is 14.2 Å². The Morgan fingerprint density at radius 1 is 0.543 bits per heavy atom. The number of azo groups is 3. The number of para-hydroxylation sites is 3. The molecule has 0 aromatic heterocycles. The largest absolute Gasteiger partial charge is 0.490 e. The third-order valence-electron chi connectivity index (χ3n) is 6.24. The van der Waals surface area contributed by atoms with Gasteiger partial charge in [0.1, 0.15) is 23.3 Å². The van der Waals surface area contributed by atoms with Gasteiger partial charge in [0.15, 0.2) is 5.29 Å². The molecule has 0 saturated carbocycles. The van der Waals surface area contributed by atoms with Crippen LogP contribution in [0.1, 0.15) is 79.5 Å². The van der Waals surface area contributed by atoms with Crippen LogP contribution in [0.25, 0.3) is 0 Å². The highest BCUT2D eigenvalue weighted by atomic mass is 28.1. The molecule has 0 spiro atoms. The fourth-order valence-corrected chi connectivity index (χ4v) is 4.21. The van der Waals surface area contributed by atoms with E-state index in [-0.39, 0.29) is 45.2 Å². The zero-order valence-corrected chi connectivity index (χ0v) is 29.4. The summed E-state index contributed by atoms with van der Waals surface area (Å²) in [5.74, 6) is -0.958. The van der Waals surface area contributed by atoms with E-state index in [0.29, 0.717) is 17.2 Å². The van der Waals surface area contributed by atoms with Crippen LogP contribution in [-0.2, 0) is 0 Å². The van der Waals surface area contributed by atoms with Crippen LogP contribution < -0.4 is 14.2 Å². The van der Waals surface area contributed by atoms with E-state index < -0.39 is 29.0 Å². The van der Waals surface area contributed by atoms with Crippen molar-refractivity contribution in [3.8, 4) is 17.2 Å². The topological polar surface area (TPSA) is 153 Å². The molecule has 3 amide bonds. The van der Waals surface area contributed by atoms with Crippen molar-refractivity contribution in [1.29, 1.82) is 0 Å². The second-order valence-electron chi connectivity index (χ2n) is 11.3. The van der Waals surface area contributed by atoms with Gasteiger partial charge in [-0.25, -0.2) is 0 Å². The average molecular weight is 645 g/mol. The highest BCUT2D eigenvalue weighted by Crippen LogP contribution is 2.26. The fourth-order valence-electron chi connectivity index (χ4n) is 3.89. The zero-order valence-electron chi connectivity index (χ0n) is 27.4. The SMILES string of the molecule is CC(C)Oc1ccccc1C(=O)N=NC(C)C([SiH3])(N=NC(=O)c1ccccc1OC(C)C)N=NC(=O)c1ccccc1OC(C)C. The van der Waals surface area contributed by atoms with Gasteiger partial charge in [0.2, 0.25) is 0 Å². The summed E-state index contributed by atoms with van der Waals surface area (Å²) in [6.45, 7) is 12.7. The Hall–Kier alpha value is -4.91. The molecule has 0 N–H and O–H groups in total. The van der Waals surface area contributed by atoms with Gasteiger partial charge in [-0.15, -0.1) is 15.3 Å². The number of hydrogen-bond donors (Lipinski definition) is 0.